The molecule has 6 heteroatoms. The van der Waals surface area contributed by atoms with Crippen molar-refractivity contribution in [2.45, 2.75) is 31.1 Å². The fourth-order valence-corrected chi connectivity index (χ4v) is 4.11. The molecule has 5 nitrogen and oxygen atoms in total. The smallest absolute Gasteiger partial charge is 0.261 e. The molecule has 3 rings (SSSR count). The molecule has 0 aromatic heterocycles. The van der Waals surface area contributed by atoms with Gasteiger partial charge in [-0.15, -0.1) is 0 Å². The summed E-state index contributed by atoms with van der Waals surface area (Å²) in [6.07, 6.45) is 3.57. The van der Waals surface area contributed by atoms with Crippen molar-refractivity contribution in [1.82, 2.24) is 0 Å². The van der Waals surface area contributed by atoms with Gasteiger partial charge in [0.2, 0.25) is 0 Å². The Kier molecular flexibility index (Phi) is 5.08. The zero-order valence-corrected chi connectivity index (χ0v) is 15.1. The molecule has 1 aliphatic heterocycles. The molecule has 1 saturated heterocycles. The molecule has 0 spiro atoms. The number of piperidine rings is 1. The van der Waals surface area contributed by atoms with Crippen LogP contribution in [0.5, 0.6) is 0 Å². The maximum absolute atomic E-state index is 12.6. The van der Waals surface area contributed by atoms with Crippen molar-refractivity contribution in [3.05, 3.63) is 54.1 Å². The highest BCUT2D eigenvalue weighted by molar-refractivity contribution is 7.92. The lowest BCUT2D eigenvalue weighted by molar-refractivity contribution is 0.101. The standard InChI is InChI=1S/C19H22N2O3S/c1-15(22)16-7-5-10-19(13-16)25(23,24)20-17-8-6-9-18(14-17)21-11-3-2-4-12-21/h5-10,13-14,20H,2-4,11-12H2,1H3. The number of anilines is 2. The van der Waals surface area contributed by atoms with E-state index in [0.717, 1.165) is 31.6 Å². The fourth-order valence-electron chi connectivity index (χ4n) is 3.01. The molecule has 0 amide bonds. The van der Waals surface area contributed by atoms with Gasteiger partial charge in [0.15, 0.2) is 5.78 Å². The van der Waals surface area contributed by atoms with Gasteiger partial charge in [-0.05, 0) is 56.5 Å². The Bertz CT molecular complexity index is 872. The van der Waals surface area contributed by atoms with Crippen LogP contribution < -0.4 is 9.62 Å². The van der Waals surface area contributed by atoms with Gasteiger partial charge in [-0.2, -0.15) is 0 Å². The van der Waals surface area contributed by atoms with E-state index < -0.39 is 10.0 Å². The zero-order chi connectivity index (χ0) is 17.9. The zero-order valence-electron chi connectivity index (χ0n) is 14.2. The van der Waals surface area contributed by atoms with Crippen LogP contribution >= 0.6 is 0 Å². The Labute approximate surface area is 148 Å². The van der Waals surface area contributed by atoms with E-state index in [0.29, 0.717) is 11.3 Å². The van der Waals surface area contributed by atoms with Crippen molar-refractivity contribution < 1.29 is 13.2 Å². The summed E-state index contributed by atoms with van der Waals surface area (Å²) in [5.41, 5.74) is 1.93. The minimum absolute atomic E-state index is 0.0866. The number of ketones is 1. The van der Waals surface area contributed by atoms with Crippen LogP contribution in [0.25, 0.3) is 0 Å². The Morgan fingerprint density at radius 3 is 2.44 bits per heavy atom. The first-order valence-electron chi connectivity index (χ1n) is 8.44. The molecule has 0 saturated carbocycles. The van der Waals surface area contributed by atoms with Crippen molar-refractivity contribution in [1.29, 1.82) is 0 Å². The minimum atomic E-state index is -3.74. The van der Waals surface area contributed by atoms with Crippen LogP contribution in [-0.2, 0) is 10.0 Å². The number of hydrogen-bond acceptors (Lipinski definition) is 4. The molecule has 0 unspecified atom stereocenters. The van der Waals surface area contributed by atoms with Crippen LogP contribution in [-0.4, -0.2) is 27.3 Å². The number of benzene rings is 2. The topological polar surface area (TPSA) is 66.5 Å². The normalized spacial score (nSPS) is 15.0. The summed E-state index contributed by atoms with van der Waals surface area (Å²) in [5, 5.41) is 0. The van der Waals surface area contributed by atoms with Gasteiger partial charge < -0.3 is 4.90 Å². The number of nitrogens with zero attached hydrogens (tertiary/aromatic N) is 1. The molecule has 25 heavy (non-hydrogen) atoms. The van der Waals surface area contributed by atoms with Crippen LogP contribution in [0.15, 0.2) is 53.4 Å². The summed E-state index contributed by atoms with van der Waals surface area (Å²) < 4.78 is 27.9. The van der Waals surface area contributed by atoms with Gasteiger partial charge in [0, 0.05) is 24.3 Å². The van der Waals surface area contributed by atoms with E-state index in [-0.39, 0.29) is 10.7 Å². The number of carbonyl (C=O) groups excluding carboxylic acids is 1. The van der Waals surface area contributed by atoms with Crippen molar-refractivity contribution in [2.75, 3.05) is 22.7 Å². The van der Waals surface area contributed by atoms with Crippen LogP contribution in [0.3, 0.4) is 0 Å². The number of Topliss-reactive ketones (excluding diaryl/α,β-unsaturated/α-hetero) is 1. The largest absolute Gasteiger partial charge is 0.371 e. The number of hydrogen-bond donors (Lipinski definition) is 1. The first kappa shape index (κ1) is 17.5. The lowest BCUT2D eigenvalue weighted by Gasteiger charge is -2.29. The molecule has 2 aromatic rings. The maximum atomic E-state index is 12.6. The lowest BCUT2D eigenvalue weighted by atomic mass is 10.1. The molecule has 1 fully saturated rings. The SMILES string of the molecule is CC(=O)c1cccc(S(=O)(=O)Nc2cccc(N3CCCCC3)c2)c1. The second kappa shape index (κ2) is 7.27. The molecule has 0 bridgehead atoms. The van der Waals surface area contributed by atoms with Gasteiger partial charge in [0.25, 0.3) is 10.0 Å². The predicted octanol–water partition coefficient (Wildman–Crippen LogP) is 3.68. The van der Waals surface area contributed by atoms with Gasteiger partial charge in [0.05, 0.1) is 10.6 Å². The number of carbonyl (C=O) groups is 1. The van der Waals surface area contributed by atoms with E-state index >= 15 is 0 Å². The highest BCUT2D eigenvalue weighted by Crippen LogP contribution is 2.25. The molecule has 0 radical (unpaired) electrons. The number of rotatable bonds is 5. The Morgan fingerprint density at radius 1 is 1.00 bits per heavy atom. The van der Waals surface area contributed by atoms with E-state index in [1.54, 1.807) is 18.2 Å². The third-order valence-corrected chi connectivity index (χ3v) is 5.75. The average molecular weight is 358 g/mol. The van der Waals surface area contributed by atoms with Crippen molar-refractivity contribution in [3.63, 3.8) is 0 Å². The average Bonchev–Trinajstić information content (AvgIpc) is 2.62. The van der Waals surface area contributed by atoms with Gasteiger partial charge >= 0.3 is 0 Å². The van der Waals surface area contributed by atoms with E-state index in [1.807, 2.05) is 18.2 Å². The molecule has 132 valence electrons. The number of nitrogens with one attached hydrogen (secondary N) is 1. The van der Waals surface area contributed by atoms with E-state index in [4.69, 9.17) is 0 Å². The molecule has 1 aliphatic rings. The Balaban J connectivity index is 1.83. The van der Waals surface area contributed by atoms with Crippen LogP contribution in [0.4, 0.5) is 11.4 Å². The Hall–Kier alpha value is -2.34. The maximum Gasteiger partial charge on any atom is 0.261 e. The Morgan fingerprint density at radius 2 is 1.72 bits per heavy atom. The lowest BCUT2D eigenvalue weighted by Crippen LogP contribution is -2.29. The first-order valence-corrected chi connectivity index (χ1v) is 9.93. The van der Waals surface area contributed by atoms with Crippen molar-refractivity contribution in [2.24, 2.45) is 0 Å². The third-order valence-electron chi connectivity index (χ3n) is 4.37. The summed E-state index contributed by atoms with van der Waals surface area (Å²) in [6, 6.07) is 13.5. The van der Waals surface area contributed by atoms with Crippen LogP contribution in [0.2, 0.25) is 0 Å². The quantitative estimate of drug-likeness (QED) is 0.828. The van der Waals surface area contributed by atoms with E-state index in [1.165, 1.54) is 25.5 Å². The highest BCUT2D eigenvalue weighted by atomic mass is 32.2. The molecule has 1 heterocycles. The molecule has 0 atom stereocenters. The van der Waals surface area contributed by atoms with E-state index in [2.05, 4.69) is 9.62 Å². The second-order valence-corrected chi connectivity index (χ2v) is 7.97. The molecular formula is C19H22N2O3S. The van der Waals surface area contributed by atoms with Gasteiger partial charge in [-0.1, -0.05) is 18.2 Å². The predicted molar refractivity (Wildman–Crippen MR) is 99.8 cm³/mol. The summed E-state index contributed by atoms with van der Waals surface area (Å²) in [7, 11) is -3.74. The first-order chi connectivity index (χ1) is 12.0. The number of sulfonamides is 1. The summed E-state index contributed by atoms with van der Waals surface area (Å²) >= 11 is 0. The molecule has 1 N–H and O–H groups in total. The van der Waals surface area contributed by atoms with E-state index in [9.17, 15) is 13.2 Å². The van der Waals surface area contributed by atoms with Gasteiger partial charge in [-0.25, -0.2) is 8.42 Å². The van der Waals surface area contributed by atoms with Gasteiger partial charge in [-0.3, -0.25) is 9.52 Å². The molecule has 2 aromatic carbocycles. The van der Waals surface area contributed by atoms with Crippen LogP contribution in [0.1, 0.15) is 36.5 Å². The second-order valence-electron chi connectivity index (χ2n) is 6.29. The van der Waals surface area contributed by atoms with Gasteiger partial charge in [0.1, 0.15) is 0 Å². The third kappa shape index (κ3) is 4.20. The van der Waals surface area contributed by atoms with Crippen molar-refractivity contribution >= 4 is 27.2 Å². The van der Waals surface area contributed by atoms with Crippen LogP contribution in [0, 0.1) is 0 Å². The summed E-state index contributed by atoms with van der Waals surface area (Å²) in [6.45, 7) is 3.41. The summed E-state index contributed by atoms with van der Waals surface area (Å²) in [4.78, 5) is 13.8. The highest BCUT2D eigenvalue weighted by Gasteiger charge is 2.17. The molecular weight excluding hydrogens is 336 g/mol. The minimum Gasteiger partial charge on any atom is -0.371 e. The monoisotopic (exact) mass is 358 g/mol. The molecule has 0 aliphatic carbocycles. The van der Waals surface area contributed by atoms with Crippen molar-refractivity contribution in [3.8, 4) is 0 Å². The fraction of sp³-hybridized carbons (Fsp3) is 0.316. The summed E-state index contributed by atoms with van der Waals surface area (Å²) in [5.74, 6) is -0.163.